The smallest absolute Gasteiger partial charge is 0.227 e. The molecule has 0 saturated heterocycles. The lowest BCUT2D eigenvalue weighted by molar-refractivity contribution is 0.419. The van der Waals surface area contributed by atoms with Crippen LogP contribution in [0.1, 0.15) is 5.56 Å². The van der Waals surface area contributed by atoms with Gasteiger partial charge >= 0.3 is 0 Å². The van der Waals surface area contributed by atoms with Gasteiger partial charge in [-0.15, -0.1) is 0 Å². The monoisotopic (exact) mass is 343 g/mol. The Morgan fingerprint density at radius 1 is 1.05 bits per heavy atom. The van der Waals surface area contributed by atoms with E-state index in [4.69, 9.17) is 9.47 Å². The van der Waals surface area contributed by atoms with Gasteiger partial charge in [0.05, 0.1) is 7.11 Å². The molecule has 0 fully saturated rings. The highest BCUT2D eigenvalue weighted by molar-refractivity contribution is 9.10. The van der Waals surface area contributed by atoms with Crippen LogP contribution in [-0.4, -0.2) is 12.1 Å². The van der Waals surface area contributed by atoms with Crippen LogP contribution in [0.3, 0.4) is 0 Å². The number of aromatic nitrogens is 1. The maximum Gasteiger partial charge on any atom is 0.227 e. The summed E-state index contributed by atoms with van der Waals surface area (Å²) in [6, 6.07) is 13.6. The van der Waals surface area contributed by atoms with Crippen LogP contribution in [0.2, 0.25) is 0 Å². The number of methoxy groups -OCH3 is 1. The normalized spacial score (nSPS) is 10.6. The first-order chi connectivity index (χ1) is 10.2. The summed E-state index contributed by atoms with van der Waals surface area (Å²) in [4.78, 5) is 4.34. The Balaban J connectivity index is 2.06. The number of hydrogen-bond donors (Lipinski definition) is 0. The van der Waals surface area contributed by atoms with Crippen molar-refractivity contribution in [3.8, 4) is 17.4 Å². The largest absolute Gasteiger partial charge is 0.496 e. The van der Waals surface area contributed by atoms with Crippen LogP contribution in [0, 0.1) is 6.92 Å². The highest BCUT2D eigenvalue weighted by atomic mass is 79.9. The molecule has 1 heterocycles. The highest BCUT2D eigenvalue weighted by Gasteiger charge is 2.09. The molecule has 0 radical (unpaired) electrons. The number of ether oxygens (including phenoxy) is 2. The van der Waals surface area contributed by atoms with E-state index in [1.807, 2.05) is 49.4 Å². The van der Waals surface area contributed by atoms with E-state index in [0.29, 0.717) is 5.88 Å². The van der Waals surface area contributed by atoms with Crippen molar-refractivity contribution in [3.05, 3.63) is 58.7 Å². The van der Waals surface area contributed by atoms with E-state index in [1.165, 1.54) is 0 Å². The molecule has 3 aromatic rings. The van der Waals surface area contributed by atoms with Gasteiger partial charge in [0.1, 0.15) is 11.5 Å². The Labute approximate surface area is 131 Å². The summed E-state index contributed by atoms with van der Waals surface area (Å²) in [7, 11) is 1.66. The molecule has 0 bridgehead atoms. The Morgan fingerprint density at radius 2 is 1.90 bits per heavy atom. The molecular weight excluding hydrogens is 330 g/mol. The van der Waals surface area contributed by atoms with Crippen molar-refractivity contribution < 1.29 is 9.47 Å². The lowest BCUT2D eigenvalue weighted by Crippen LogP contribution is -1.92. The third-order valence-electron chi connectivity index (χ3n) is 3.29. The molecule has 2 aromatic carbocycles. The number of pyridine rings is 1. The fourth-order valence-electron chi connectivity index (χ4n) is 2.20. The number of nitrogens with zero attached hydrogens (tertiary/aromatic N) is 1. The summed E-state index contributed by atoms with van der Waals surface area (Å²) in [5.74, 6) is 2.15. The first kappa shape index (κ1) is 13.9. The number of fused-ring (bicyclic) bond motifs is 1. The van der Waals surface area contributed by atoms with Gasteiger partial charge in [0.15, 0.2) is 0 Å². The standard InChI is InChI=1S/C17H14BrNO2/c1-11-10-12(6-7-15(11)18)21-17-14-4-3-5-16(20-2)13(14)8-9-19-17/h3-10H,1-2H3. The predicted molar refractivity (Wildman–Crippen MR) is 87.2 cm³/mol. The fourth-order valence-corrected chi connectivity index (χ4v) is 2.45. The van der Waals surface area contributed by atoms with Gasteiger partial charge in [-0.05, 0) is 48.9 Å². The Bertz CT molecular complexity index is 802. The first-order valence-corrected chi connectivity index (χ1v) is 7.34. The van der Waals surface area contributed by atoms with E-state index in [-0.39, 0.29) is 0 Å². The molecule has 3 rings (SSSR count). The molecular formula is C17H14BrNO2. The zero-order valence-electron chi connectivity index (χ0n) is 11.8. The molecule has 21 heavy (non-hydrogen) atoms. The molecule has 0 atom stereocenters. The number of benzene rings is 2. The van der Waals surface area contributed by atoms with Gasteiger partial charge in [-0.1, -0.05) is 22.0 Å². The van der Waals surface area contributed by atoms with Crippen LogP contribution >= 0.6 is 15.9 Å². The third kappa shape index (κ3) is 2.72. The van der Waals surface area contributed by atoms with Crippen LogP contribution in [0.15, 0.2) is 53.1 Å². The second-order valence-corrected chi connectivity index (χ2v) is 5.54. The van der Waals surface area contributed by atoms with Crippen molar-refractivity contribution in [1.29, 1.82) is 0 Å². The molecule has 3 nitrogen and oxygen atoms in total. The zero-order valence-corrected chi connectivity index (χ0v) is 13.3. The van der Waals surface area contributed by atoms with Crippen LogP contribution in [0.5, 0.6) is 17.4 Å². The number of rotatable bonds is 3. The summed E-state index contributed by atoms with van der Waals surface area (Å²) in [5.41, 5.74) is 1.12. The van der Waals surface area contributed by atoms with Crippen molar-refractivity contribution in [2.75, 3.05) is 7.11 Å². The topological polar surface area (TPSA) is 31.4 Å². The second-order valence-electron chi connectivity index (χ2n) is 4.68. The first-order valence-electron chi connectivity index (χ1n) is 6.55. The van der Waals surface area contributed by atoms with Crippen LogP contribution in [0.25, 0.3) is 10.8 Å². The van der Waals surface area contributed by atoms with Gasteiger partial charge in [-0.25, -0.2) is 4.98 Å². The van der Waals surface area contributed by atoms with Crippen molar-refractivity contribution in [1.82, 2.24) is 4.98 Å². The maximum atomic E-state index is 5.94. The zero-order chi connectivity index (χ0) is 14.8. The van der Waals surface area contributed by atoms with Crippen molar-refractivity contribution >= 4 is 26.7 Å². The molecule has 0 unspecified atom stereocenters. The third-order valence-corrected chi connectivity index (χ3v) is 4.18. The van der Waals surface area contributed by atoms with Gasteiger partial charge in [0.25, 0.3) is 0 Å². The maximum absolute atomic E-state index is 5.94. The summed E-state index contributed by atoms with van der Waals surface area (Å²) in [5, 5.41) is 1.91. The number of hydrogen-bond acceptors (Lipinski definition) is 3. The van der Waals surface area contributed by atoms with Gasteiger partial charge in [0.2, 0.25) is 5.88 Å². The molecule has 0 N–H and O–H groups in total. The Morgan fingerprint density at radius 3 is 2.67 bits per heavy atom. The Kier molecular flexibility index (Phi) is 3.80. The van der Waals surface area contributed by atoms with Crippen LogP contribution in [0.4, 0.5) is 0 Å². The minimum atomic E-state index is 0.577. The SMILES string of the molecule is COc1cccc2c(Oc3ccc(Br)c(C)c3)nccc12. The van der Waals surface area contributed by atoms with E-state index in [0.717, 1.165) is 32.3 Å². The second kappa shape index (κ2) is 5.74. The number of halogens is 1. The van der Waals surface area contributed by atoms with Gasteiger partial charge in [0, 0.05) is 21.4 Å². The molecule has 0 aliphatic heterocycles. The Hall–Kier alpha value is -2.07. The molecule has 0 amide bonds. The number of aryl methyl sites for hydroxylation is 1. The van der Waals surface area contributed by atoms with Crippen LogP contribution in [-0.2, 0) is 0 Å². The molecule has 0 spiro atoms. The highest BCUT2D eigenvalue weighted by Crippen LogP contribution is 2.33. The summed E-state index contributed by atoms with van der Waals surface area (Å²) < 4.78 is 12.4. The molecule has 0 aliphatic carbocycles. The van der Waals surface area contributed by atoms with Crippen LogP contribution < -0.4 is 9.47 Å². The molecule has 4 heteroatoms. The van der Waals surface area contributed by atoms with E-state index in [2.05, 4.69) is 20.9 Å². The van der Waals surface area contributed by atoms with Crippen molar-refractivity contribution in [3.63, 3.8) is 0 Å². The van der Waals surface area contributed by atoms with Gasteiger partial charge in [-0.3, -0.25) is 0 Å². The van der Waals surface area contributed by atoms with Crippen molar-refractivity contribution in [2.24, 2.45) is 0 Å². The minimum absolute atomic E-state index is 0.577. The quantitative estimate of drug-likeness (QED) is 0.662. The average molecular weight is 344 g/mol. The van der Waals surface area contributed by atoms with Crippen molar-refractivity contribution in [2.45, 2.75) is 6.92 Å². The lowest BCUT2D eigenvalue weighted by atomic mass is 10.1. The van der Waals surface area contributed by atoms with E-state index < -0.39 is 0 Å². The fraction of sp³-hybridized carbons (Fsp3) is 0.118. The minimum Gasteiger partial charge on any atom is -0.496 e. The summed E-state index contributed by atoms with van der Waals surface area (Å²) >= 11 is 3.49. The molecule has 0 aliphatic rings. The molecule has 0 saturated carbocycles. The predicted octanol–water partition coefficient (Wildman–Crippen LogP) is 5.11. The van der Waals surface area contributed by atoms with E-state index in [9.17, 15) is 0 Å². The summed E-state index contributed by atoms with van der Waals surface area (Å²) in [6.45, 7) is 2.02. The van der Waals surface area contributed by atoms with E-state index in [1.54, 1.807) is 13.3 Å². The van der Waals surface area contributed by atoms with Gasteiger partial charge in [-0.2, -0.15) is 0 Å². The van der Waals surface area contributed by atoms with Gasteiger partial charge < -0.3 is 9.47 Å². The average Bonchev–Trinajstić information content (AvgIpc) is 2.51. The molecule has 1 aromatic heterocycles. The molecule has 106 valence electrons. The summed E-state index contributed by atoms with van der Waals surface area (Å²) in [6.07, 6.45) is 1.73. The van der Waals surface area contributed by atoms with E-state index >= 15 is 0 Å². The lowest BCUT2D eigenvalue weighted by Gasteiger charge is -2.10.